The smallest absolute Gasteiger partial charge is 0.313 e. The van der Waals surface area contributed by atoms with Gasteiger partial charge in [-0.1, -0.05) is 36.4 Å². The highest BCUT2D eigenvalue weighted by Crippen LogP contribution is 2.39. The average molecular weight is 313 g/mol. The number of methoxy groups -OCH3 is 1. The van der Waals surface area contributed by atoms with Crippen LogP contribution in [0.5, 0.6) is 5.75 Å². The van der Waals surface area contributed by atoms with Gasteiger partial charge in [0.05, 0.1) is 24.3 Å². The molecule has 0 saturated carbocycles. The van der Waals surface area contributed by atoms with Crippen molar-refractivity contribution in [1.82, 2.24) is 0 Å². The van der Waals surface area contributed by atoms with Gasteiger partial charge in [-0.25, -0.2) is 0 Å². The Kier molecular flexibility index (Phi) is 4.94. The lowest BCUT2D eigenvalue weighted by Gasteiger charge is -2.33. The molecule has 0 fully saturated rings. The minimum absolute atomic E-state index is 0.159. The number of carbonyl (C=O) groups excluding carboxylic acids is 1. The zero-order chi connectivity index (χ0) is 17.0. The number of aromatic hydroxyl groups is 1. The van der Waals surface area contributed by atoms with E-state index in [1.807, 2.05) is 63.2 Å². The highest BCUT2D eigenvalue weighted by Gasteiger charge is 2.39. The van der Waals surface area contributed by atoms with Gasteiger partial charge in [0, 0.05) is 0 Å². The molecule has 0 radical (unpaired) electrons. The highest BCUT2D eigenvalue weighted by atomic mass is 16.5. The number of benzene rings is 2. The molecular formula is C19H23NO3. The van der Waals surface area contributed by atoms with Crippen molar-refractivity contribution in [2.24, 2.45) is 5.41 Å². The summed E-state index contributed by atoms with van der Waals surface area (Å²) >= 11 is 0. The number of carbonyl (C=O) groups is 1. The third-order valence-corrected chi connectivity index (χ3v) is 4.02. The molecule has 0 amide bonds. The van der Waals surface area contributed by atoms with Crippen LogP contribution in [0, 0.1) is 12.3 Å². The first-order valence-electron chi connectivity index (χ1n) is 7.55. The van der Waals surface area contributed by atoms with Gasteiger partial charge in [0.1, 0.15) is 5.75 Å². The maximum atomic E-state index is 12.3. The molecule has 122 valence electrons. The molecule has 0 unspecified atom stereocenters. The summed E-state index contributed by atoms with van der Waals surface area (Å²) in [6.45, 7) is 5.57. The number of nitrogens with one attached hydrogen (secondary N) is 1. The average Bonchev–Trinajstić information content (AvgIpc) is 2.53. The van der Waals surface area contributed by atoms with E-state index in [9.17, 15) is 9.90 Å². The Morgan fingerprint density at radius 2 is 1.83 bits per heavy atom. The Bertz CT molecular complexity index is 680. The van der Waals surface area contributed by atoms with Gasteiger partial charge in [0.2, 0.25) is 0 Å². The van der Waals surface area contributed by atoms with Crippen LogP contribution in [0.3, 0.4) is 0 Å². The van der Waals surface area contributed by atoms with Crippen LogP contribution in [0.25, 0.3) is 0 Å². The van der Waals surface area contributed by atoms with Crippen molar-refractivity contribution in [3.8, 4) is 5.75 Å². The molecule has 2 aromatic carbocycles. The Labute approximate surface area is 137 Å². The Balaban J connectivity index is 2.44. The molecule has 1 atom stereocenters. The van der Waals surface area contributed by atoms with E-state index in [2.05, 4.69) is 5.32 Å². The molecule has 0 spiro atoms. The van der Waals surface area contributed by atoms with Crippen LogP contribution < -0.4 is 5.32 Å². The Morgan fingerprint density at radius 1 is 1.17 bits per heavy atom. The monoisotopic (exact) mass is 313 g/mol. The molecule has 2 N–H and O–H groups in total. The quantitative estimate of drug-likeness (QED) is 0.646. The number of ether oxygens (including phenoxy) is 1. The number of anilines is 1. The van der Waals surface area contributed by atoms with Crippen LogP contribution in [-0.2, 0) is 9.53 Å². The van der Waals surface area contributed by atoms with Gasteiger partial charge in [-0.15, -0.1) is 0 Å². The number of phenols is 1. The van der Waals surface area contributed by atoms with Crippen molar-refractivity contribution in [1.29, 1.82) is 0 Å². The maximum absolute atomic E-state index is 12.3. The van der Waals surface area contributed by atoms with Gasteiger partial charge in [0.25, 0.3) is 0 Å². The largest absolute Gasteiger partial charge is 0.506 e. The molecule has 4 nitrogen and oxygen atoms in total. The Hall–Kier alpha value is -2.49. The van der Waals surface area contributed by atoms with Gasteiger partial charge in [-0.3, -0.25) is 4.79 Å². The normalized spacial score (nSPS) is 12.5. The molecule has 0 aliphatic carbocycles. The third-order valence-electron chi connectivity index (χ3n) is 4.02. The summed E-state index contributed by atoms with van der Waals surface area (Å²) in [6.07, 6.45) is 0. The summed E-state index contributed by atoms with van der Waals surface area (Å²) in [6, 6.07) is 14.7. The van der Waals surface area contributed by atoms with Gasteiger partial charge in [-0.05, 0) is 44.0 Å². The fraction of sp³-hybridized carbons (Fsp3) is 0.316. The summed E-state index contributed by atoms with van der Waals surface area (Å²) in [7, 11) is 1.38. The molecule has 4 heteroatoms. The minimum Gasteiger partial charge on any atom is -0.506 e. The van der Waals surface area contributed by atoms with Crippen molar-refractivity contribution in [2.75, 3.05) is 12.4 Å². The second-order valence-corrected chi connectivity index (χ2v) is 6.22. The molecular weight excluding hydrogens is 290 g/mol. The third kappa shape index (κ3) is 3.65. The van der Waals surface area contributed by atoms with Crippen LogP contribution in [0.2, 0.25) is 0 Å². The number of phenolic OH excluding ortho intramolecular Hbond substituents is 1. The van der Waals surface area contributed by atoms with Crippen molar-refractivity contribution >= 4 is 11.7 Å². The Morgan fingerprint density at radius 3 is 2.39 bits per heavy atom. The van der Waals surface area contributed by atoms with Crippen LogP contribution in [0.1, 0.15) is 31.0 Å². The molecule has 0 aromatic heterocycles. The van der Waals surface area contributed by atoms with Crippen LogP contribution in [0.15, 0.2) is 48.5 Å². The zero-order valence-corrected chi connectivity index (χ0v) is 14.0. The predicted octanol–water partition coefficient (Wildman–Crippen LogP) is 4.05. The van der Waals surface area contributed by atoms with Crippen LogP contribution in [-0.4, -0.2) is 18.2 Å². The molecule has 0 saturated heterocycles. The fourth-order valence-corrected chi connectivity index (χ4v) is 2.63. The van der Waals surface area contributed by atoms with Crippen molar-refractivity contribution in [3.63, 3.8) is 0 Å². The molecule has 2 rings (SSSR count). The summed E-state index contributed by atoms with van der Waals surface area (Å²) in [5.41, 5.74) is 1.69. The lowest BCUT2D eigenvalue weighted by Crippen LogP contribution is -2.36. The molecule has 0 aliphatic rings. The second kappa shape index (κ2) is 6.73. The number of esters is 1. The predicted molar refractivity (Wildman–Crippen MR) is 91.4 cm³/mol. The molecule has 2 aromatic rings. The van der Waals surface area contributed by atoms with E-state index in [-0.39, 0.29) is 17.8 Å². The molecule has 0 bridgehead atoms. The first-order valence-corrected chi connectivity index (χ1v) is 7.55. The van der Waals surface area contributed by atoms with E-state index < -0.39 is 5.41 Å². The van der Waals surface area contributed by atoms with Crippen LogP contribution >= 0.6 is 0 Å². The lowest BCUT2D eigenvalue weighted by atomic mass is 9.80. The van der Waals surface area contributed by atoms with E-state index in [4.69, 9.17) is 4.74 Å². The van der Waals surface area contributed by atoms with Crippen molar-refractivity contribution in [2.45, 2.75) is 26.8 Å². The number of hydrogen-bond donors (Lipinski definition) is 2. The van der Waals surface area contributed by atoms with E-state index in [0.29, 0.717) is 5.69 Å². The topological polar surface area (TPSA) is 58.6 Å². The first kappa shape index (κ1) is 16.9. The van der Waals surface area contributed by atoms with E-state index >= 15 is 0 Å². The van der Waals surface area contributed by atoms with E-state index in [1.54, 1.807) is 6.07 Å². The fourth-order valence-electron chi connectivity index (χ4n) is 2.63. The number of aryl methyl sites for hydroxylation is 1. The zero-order valence-electron chi connectivity index (χ0n) is 14.0. The second-order valence-electron chi connectivity index (χ2n) is 6.22. The summed E-state index contributed by atoms with van der Waals surface area (Å²) in [5.74, 6) is -0.156. The number of hydrogen-bond acceptors (Lipinski definition) is 4. The molecule has 0 aliphatic heterocycles. The van der Waals surface area contributed by atoms with E-state index in [1.165, 1.54) is 7.11 Å². The minimum atomic E-state index is -0.812. The SMILES string of the molecule is COC(=O)C(C)(C)[C@H](Nc1ccc(C)cc1O)c1ccccc1. The van der Waals surface area contributed by atoms with Gasteiger partial charge in [-0.2, -0.15) is 0 Å². The van der Waals surface area contributed by atoms with Crippen molar-refractivity contribution < 1.29 is 14.6 Å². The summed E-state index contributed by atoms with van der Waals surface area (Å²) in [4.78, 5) is 12.3. The standard InChI is InChI=1S/C19H23NO3/c1-13-10-11-15(16(21)12-13)20-17(14-8-6-5-7-9-14)19(2,3)18(22)23-4/h5-12,17,20-21H,1-4H3/t17-/m1/s1. The lowest BCUT2D eigenvalue weighted by molar-refractivity contribution is -0.151. The number of rotatable bonds is 5. The first-order chi connectivity index (χ1) is 10.9. The highest BCUT2D eigenvalue weighted by molar-refractivity contribution is 5.78. The molecule has 0 heterocycles. The van der Waals surface area contributed by atoms with Crippen LogP contribution in [0.4, 0.5) is 5.69 Å². The van der Waals surface area contributed by atoms with Gasteiger partial charge in [0.15, 0.2) is 0 Å². The summed E-state index contributed by atoms with van der Waals surface area (Å²) in [5, 5.41) is 13.5. The van der Waals surface area contributed by atoms with E-state index in [0.717, 1.165) is 11.1 Å². The molecule has 23 heavy (non-hydrogen) atoms. The summed E-state index contributed by atoms with van der Waals surface area (Å²) < 4.78 is 4.96. The van der Waals surface area contributed by atoms with Gasteiger partial charge >= 0.3 is 5.97 Å². The maximum Gasteiger partial charge on any atom is 0.313 e. The van der Waals surface area contributed by atoms with Gasteiger partial charge < -0.3 is 15.2 Å². The van der Waals surface area contributed by atoms with Crippen molar-refractivity contribution in [3.05, 3.63) is 59.7 Å².